The summed E-state index contributed by atoms with van der Waals surface area (Å²) in [5.74, 6) is -0.160. The fourth-order valence-electron chi connectivity index (χ4n) is 1.62. The number of hydrogen-bond acceptors (Lipinski definition) is 3. The number of rotatable bonds is 3. The number of benzene rings is 2. The number of anilines is 1. The minimum atomic E-state index is -3.93. The molecule has 0 saturated heterocycles. The third-order valence-corrected chi connectivity index (χ3v) is 4.94. The molecule has 2 N–H and O–H groups in total. The average Bonchev–Trinajstić information content (AvgIpc) is 2.36. The van der Waals surface area contributed by atoms with Crippen molar-refractivity contribution in [3.63, 3.8) is 0 Å². The van der Waals surface area contributed by atoms with E-state index < -0.39 is 10.0 Å². The van der Waals surface area contributed by atoms with Crippen LogP contribution in [0.25, 0.3) is 0 Å². The molecule has 0 aromatic heterocycles. The summed E-state index contributed by atoms with van der Waals surface area (Å²) < 4.78 is 26.8. The van der Waals surface area contributed by atoms with Crippen LogP contribution in [-0.4, -0.2) is 13.5 Å². The van der Waals surface area contributed by atoms with E-state index in [2.05, 4.69) is 4.72 Å². The van der Waals surface area contributed by atoms with Gasteiger partial charge in [0.25, 0.3) is 10.0 Å². The van der Waals surface area contributed by atoms with E-state index in [1.807, 2.05) is 0 Å². The average molecular weight is 332 g/mol. The molecule has 20 heavy (non-hydrogen) atoms. The van der Waals surface area contributed by atoms with Gasteiger partial charge in [0.05, 0.1) is 15.7 Å². The molecule has 0 saturated carbocycles. The summed E-state index contributed by atoms with van der Waals surface area (Å²) in [6.07, 6.45) is 0. The SMILES string of the molecule is Cc1ccc(NS(=O)(=O)c2cccc(Cl)c2Cl)c(O)c1. The number of nitrogens with one attached hydrogen (secondary N) is 1. The van der Waals surface area contributed by atoms with Gasteiger partial charge in [0.1, 0.15) is 10.6 Å². The first kappa shape index (κ1) is 15.0. The second-order valence-electron chi connectivity index (χ2n) is 4.18. The summed E-state index contributed by atoms with van der Waals surface area (Å²) in [5, 5.41) is 9.82. The molecule has 0 heterocycles. The van der Waals surface area contributed by atoms with Crippen LogP contribution in [0.5, 0.6) is 5.75 Å². The van der Waals surface area contributed by atoms with Gasteiger partial charge in [-0.25, -0.2) is 8.42 Å². The summed E-state index contributed by atoms with van der Waals surface area (Å²) in [4.78, 5) is -0.147. The number of phenols is 1. The molecule has 7 heteroatoms. The molecule has 2 rings (SSSR count). The monoisotopic (exact) mass is 331 g/mol. The molecule has 2 aromatic carbocycles. The van der Waals surface area contributed by atoms with E-state index in [4.69, 9.17) is 23.2 Å². The number of sulfonamides is 1. The Morgan fingerprint density at radius 3 is 2.50 bits per heavy atom. The third kappa shape index (κ3) is 3.00. The quantitative estimate of drug-likeness (QED) is 0.840. The van der Waals surface area contributed by atoms with Gasteiger partial charge in [0.15, 0.2) is 0 Å². The first-order chi connectivity index (χ1) is 9.31. The van der Waals surface area contributed by atoms with Gasteiger partial charge in [-0.15, -0.1) is 0 Å². The molecule has 0 fully saturated rings. The number of phenolic OH excluding ortho intramolecular Hbond substituents is 1. The van der Waals surface area contributed by atoms with Gasteiger partial charge in [-0.1, -0.05) is 35.3 Å². The van der Waals surface area contributed by atoms with E-state index >= 15 is 0 Å². The fraction of sp³-hybridized carbons (Fsp3) is 0.0769. The molecule has 2 aromatic rings. The van der Waals surface area contributed by atoms with Crippen molar-refractivity contribution in [2.75, 3.05) is 4.72 Å². The maximum absolute atomic E-state index is 12.2. The van der Waals surface area contributed by atoms with Crippen molar-refractivity contribution in [3.8, 4) is 5.75 Å². The van der Waals surface area contributed by atoms with Gasteiger partial charge in [0, 0.05) is 0 Å². The predicted octanol–water partition coefficient (Wildman–Crippen LogP) is 3.81. The summed E-state index contributed by atoms with van der Waals surface area (Å²) in [6, 6.07) is 8.92. The zero-order chi connectivity index (χ0) is 14.9. The molecule has 0 unspecified atom stereocenters. The standard InChI is InChI=1S/C13H11Cl2NO3S/c1-8-5-6-10(11(17)7-8)16-20(18,19)12-4-2-3-9(14)13(12)15/h2-7,16-17H,1H3. The Morgan fingerprint density at radius 1 is 1.15 bits per heavy atom. The smallest absolute Gasteiger partial charge is 0.263 e. The number of aromatic hydroxyl groups is 1. The minimum absolute atomic E-state index is 0.0618. The second kappa shape index (κ2) is 5.52. The molecule has 106 valence electrons. The normalized spacial score (nSPS) is 11.3. The zero-order valence-electron chi connectivity index (χ0n) is 10.4. The number of hydrogen-bond donors (Lipinski definition) is 2. The van der Waals surface area contributed by atoms with Crippen LogP contribution >= 0.6 is 23.2 Å². The Morgan fingerprint density at radius 2 is 1.85 bits per heavy atom. The van der Waals surface area contributed by atoms with Crippen LogP contribution in [0.3, 0.4) is 0 Å². The first-order valence-electron chi connectivity index (χ1n) is 5.58. The summed E-state index contributed by atoms with van der Waals surface area (Å²) in [6.45, 7) is 1.78. The molecule has 0 aliphatic rings. The third-order valence-electron chi connectivity index (χ3n) is 2.60. The zero-order valence-corrected chi connectivity index (χ0v) is 12.7. The molecule has 0 atom stereocenters. The lowest BCUT2D eigenvalue weighted by atomic mass is 10.2. The maximum atomic E-state index is 12.2. The van der Waals surface area contributed by atoms with Crippen molar-refractivity contribution in [2.24, 2.45) is 0 Å². The van der Waals surface area contributed by atoms with Crippen LogP contribution in [0.4, 0.5) is 5.69 Å². The van der Waals surface area contributed by atoms with E-state index in [-0.39, 0.29) is 26.4 Å². The van der Waals surface area contributed by atoms with E-state index in [0.717, 1.165) is 5.56 Å². The van der Waals surface area contributed by atoms with E-state index in [9.17, 15) is 13.5 Å². The van der Waals surface area contributed by atoms with Crippen molar-refractivity contribution in [1.82, 2.24) is 0 Å². The van der Waals surface area contributed by atoms with Crippen molar-refractivity contribution >= 4 is 38.9 Å². The summed E-state index contributed by atoms with van der Waals surface area (Å²) in [5.41, 5.74) is 0.887. The molecule has 0 bridgehead atoms. The summed E-state index contributed by atoms with van der Waals surface area (Å²) in [7, 11) is -3.93. The Bertz CT molecular complexity index is 760. The van der Waals surface area contributed by atoms with Crippen LogP contribution in [0.1, 0.15) is 5.56 Å². The molecule has 4 nitrogen and oxygen atoms in total. The Hall–Kier alpha value is -1.43. The van der Waals surface area contributed by atoms with Gasteiger partial charge in [-0.3, -0.25) is 4.72 Å². The van der Waals surface area contributed by atoms with Gasteiger partial charge in [-0.05, 0) is 36.8 Å². The van der Waals surface area contributed by atoms with Crippen molar-refractivity contribution < 1.29 is 13.5 Å². The Labute approximate surface area is 127 Å². The topological polar surface area (TPSA) is 66.4 Å². The van der Waals surface area contributed by atoms with Crippen LogP contribution in [-0.2, 0) is 10.0 Å². The van der Waals surface area contributed by atoms with E-state index in [1.165, 1.54) is 30.3 Å². The first-order valence-corrected chi connectivity index (χ1v) is 7.81. The Kier molecular flexibility index (Phi) is 4.13. The van der Waals surface area contributed by atoms with Crippen molar-refractivity contribution in [3.05, 3.63) is 52.0 Å². The van der Waals surface area contributed by atoms with Crippen molar-refractivity contribution in [2.45, 2.75) is 11.8 Å². The van der Waals surface area contributed by atoms with Gasteiger partial charge in [-0.2, -0.15) is 0 Å². The van der Waals surface area contributed by atoms with Crippen LogP contribution in [0.15, 0.2) is 41.3 Å². The highest BCUT2D eigenvalue weighted by molar-refractivity contribution is 7.92. The molecule has 0 amide bonds. The minimum Gasteiger partial charge on any atom is -0.506 e. The molecule has 0 radical (unpaired) electrons. The molecule has 0 aliphatic heterocycles. The van der Waals surface area contributed by atoms with Crippen LogP contribution < -0.4 is 4.72 Å². The van der Waals surface area contributed by atoms with E-state index in [0.29, 0.717) is 0 Å². The Balaban J connectivity index is 2.44. The maximum Gasteiger partial charge on any atom is 0.263 e. The van der Waals surface area contributed by atoms with Crippen LogP contribution in [0, 0.1) is 6.92 Å². The van der Waals surface area contributed by atoms with Crippen molar-refractivity contribution in [1.29, 1.82) is 0 Å². The highest BCUT2D eigenvalue weighted by Gasteiger charge is 2.20. The lowest BCUT2D eigenvalue weighted by molar-refractivity contribution is 0.477. The van der Waals surface area contributed by atoms with Gasteiger partial charge < -0.3 is 5.11 Å². The fourth-order valence-corrected chi connectivity index (χ4v) is 3.46. The molecule has 0 spiro atoms. The largest absolute Gasteiger partial charge is 0.506 e. The van der Waals surface area contributed by atoms with Gasteiger partial charge in [0.2, 0.25) is 0 Å². The lowest BCUT2D eigenvalue weighted by Crippen LogP contribution is -2.13. The highest BCUT2D eigenvalue weighted by Crippen LogP contribution is 2.32. The number of aryl methyl sites for hydroxylation is 1. The molecule has 0 aliphatic carbocycles. The highest BCUT2D eigenvalue weighted by atomic mass is 35.5. The van der Waals surface area contributed by atoms with Crippen LogP contribution in [0.2, 0.25) is 10.0 Å². The lowest BCUT2D eigenvalue weighted by Gasteiger charge is -2.11. The second-order valence-corrected chi connectivity index (χ2v) is 6.61. The summed E-state index contributed by atoms with van der Waals surface area (Å²) >= 11 is 11.7. The molecular weight excluding hydrogens is 321 g/mol. The molecular formula is C13H11Cl2NO3S. The number of halogens is 2. The van der Waals surface area contributed by atoms with Gasteiger partial charge >= 0.3 is 0 Å². The predicted molar refractivity (Wildman–Crippen MR) is 80.1 cm³/mol. The van der Waals surface area contributed by atoms with E-state index in [1.54, 1.807) is 13.0 Å².